The summed E-state index contributed by atoms with van der Waals surface area (Å²) in [5.74, 6) is -3.39. The molecule has 0 atom stereocenters. The van der Waals surface area contributed by atoms with Crippen LogP contribution in [0.3, 0.4) is 0 Å². The van der Waals surface area contributed by atoms with Crippen molar-refractivity contribution >= 4 is 15.9 Å². The van der Waals surface area contributed by atoms with Crippen LogP contribution in [0.1, 0.15) is 10.6 Å². The Morgan fingerprint density at radius 2 is 1.68 bits per heavy atom. The molecule has 162 valence electrons. The molecule has 0 unspecified atom stereocenters. The molecule has 0 saturated carbocycles. The van der Waals surface area contributed by atoms with Crippen molar-refractivity contribution in [3.8, 4) is 11.3 Å². The van der Waals surface area contributed by atoms with Crippen LogP contribution in [-0.4, -0.2) is 54.9 Å². The van der Waals surface area contributed by atoms with Crippen molar-refractivity contribution < 1.29 is 30.9 Å². The molecule has 0 spiro atoms. The number of hydrogen-bond acceptors (Lipinski definition) is 5. The maximum absolute atomic E-state index is 13.4. The number of carbonyl (C=O) groups excluding carboxylic acids is 1. The Hall–Kier alpha value is -3.18. The molecule has 1 aliphatic heterocycles. The van der Waals surface area contributed by atoms with E-state index >= 15 is 0 Å². The topological polar surface area (TPSA) is 83.7 Å². The normalized spacial score (nSPS) is 15.3. The third-order valence-corrected chi connectivity index (χ3v) is 6.79. The first kappa shape index (κ1) is 21.1. The molecule has 1 aliphatic rings. The van der Waals surface area contributed by atoms with Crippen LogP contribution in [0.4, 0.5) is 13.2 Å². The maximum atomic E-state index is 13.4. The summed E-state index contributed by atoms with van der Waals surface area (Å²) >= 11 is 0. The second kappa shape index (κ2) is 8.16. The van der Waals surface area contributed by atoms with Crippen molar-refractivity contribution in [3.63, 3.8) is 0 Å². The maximum Gasteiger partial charge on any atom is 0.292 e. The Bertz CT molecular complexity index is 1240. The third-order valence-electron chi connectivity index (χ3n) is 4.90. The van der Waals surface area contributed by atoms with Gasteiger partial charge in [0.2, 0.25) is 15.8 Å². The molecule has 1 fully saturated rings. The highest BCUT2D eigenvalue weighted by Crippen LogP contribution is 2.23. The summed E-state index contributed by atoms with van der Waals surface area (Å²) in [6, 6.07) is 9.43. The van der Waals surface area contributed by atoms with Crippen molar-refractivity contribution in [3.05, 3.63) is 71.7 Å². The van der Waals surface area contributed by atoms with Crippen LogP contribution >= 0.6 is 0 Å². The molecule has 31 heavy (non-hydrogen) atoms. The predicted molar refractivity (Wildman–Crippen MR) is 103 cm³/mol. The summed E-state index contributed by atoms with van der Waals surface area (Å²) in [4.78, 5) is 13.7. The summed E-state index contributed by atoms with van der Waals surface area (Å²) in [6.45, 7) is 0.0748. The van der Waals surface area contributed by atoms with Gasteiger partial charge in [0.25, 0.3) is 5.91 Å². The van der Waals surface area contributed by atoms with Gasteiger partial charge >= 0.3 is 0 Å². The second-order valence-corrected chi connectivity index (χ2v) is 8.80. The first-order chi connectivity index (χ1) is 14.8. The summed E-state index contributed by atoms with van der Waals surface area (Å²) < 4.78 is 71.4. The molecule has 2 heterocycles. The Morgan fingerprint density at radius 3 is 2.35 bits per heavy atom. The summed E-state index contributed by atoms with van der Waals surface area (Å²) in [5, 5.41) is 3.79. The van der Waals surface area contributed by atoms with E-state index in [9.17, 15) is 26.4 Å². The van der Waals surface area contributed by atoms with Crippen molar-refractivity contribution in [2.75, 3.05) is 26.2 Å². The van der Waals surface area contributed by atoms with E-state index in [0.717, 1.165) is 16.4 Å². The van der Waals surface area contributed by atoms with Gasteiger partial charge in [0, 0.05) is 37.8 Å². The highest BCUT2D eigenvalue weighted by Gasteiger charge is 2.32. The Kier molecular flexibility index (Phi) is 5.54. The molecule has 0 aliphatic carbocycles. The van der Waals surface area contributed by atoms with Crippen LogP contribution < -0.4 is 0 Å². The minimum atomic E-state index is -4.03. The Morgan fingerprint density at radius 1 is 0.935 bits per heavy atom. The number of nitrogens with zero attached hydrogens (tertiary/aromatic N) is 3. The van der Waals surface area contributed by atoms with Gasteiger partial charge in [-0.2, -0.15) is 4.31 Å². The molecule has 11 heteroatoms. The zero-order chi connectivity index (χ0) is 22.2. The number of rotatable bonds is 4. The van der Waals surface area contributed by atoms with Gasteiger partial charge in [0.1, 0.15) is 11.5 Å². The van der Waals surface area contributed by atoms with Gasteiger partial charge in [-0.25, -0.2) is 21.6 Å². The molecule has 7 nitrogen and oxygen atoms in total. The standard InChI is InChI=1S/C20H16F3N3O4S/c21-14-3-1-2-13(10-14)18-12-19(30-24-18)20(27)25-6-8-26(9-7-25)31(28,29)15-4-5-16(22)17(23)11-15/h1-5,10-12H,6-9H2. The number of hydrogen-bond donors (Lipinski definition) is 0. The van der Waals surface area contributed by atoms with Crippen LogP contribution in [0, 0.1) is 17.5 Å². The molecule has 0 N–H and O–H groups in total. The first-order valence-corrected chi connectivity index (χ1v) is 10.7. The van der Waals surface area contributed by atoms with Gasteiger partial charge in [0.05, 0.1) is 4.90 Å². The molecule has 3 aromatic rings. The highest BCUT2D eigenvalue weighted by molar-refractivity contribution is 7.89. The van der Waals surface area contributed by atoms with E-state index in [1.807, 2.05) is 0 Å². The van der Waals surface area contributed by atoms with Crippen LogP contribution in [-0.2, 0) is 10.0 Å². The second-order valence-electron chi connectivity index (χ2n) is 6.86. The van der Waals surface area contributed by atoms with E-state index in [1.54, 1.807) is 6.07 Å². The molecule has 2 aromatic carbocycles. The van der Waals surface area contributed by atoms with Gasteiger partial charge in [0.15, 0.2) is 11.6 Å². The van der Waals surface area contributed by atoms with Crippen molar-refractivity contribution in [2.45, 2.75) is 4.90 Å². The lowest BCUT2D eigenvalue weighted by Gasteiger charge is -2.33. The fraction of sp³-hybridized carbons (Fsp3) is 0.200. The highest BCUT2D eigenvalue weighted by atomic mass is 32.2. The van der Waals surface area contributed by atoms with E-state index in [1.165, 1.54) is 29.2 Å². The predicted octanol–water partition coefficient (Wildman–Crippen LogP) is 2.91. The summed E-state index contributed by atoms with van der Waals surface area (Å²) in [6.07, 6.45) is 0. The van der Waals surface area contributed by atoms with Crippen LogP contribution in [0.2, 0.25) is 0 Å². The minimum absolute atomic E-state index is 0.0298. The average Bonchev–Trinajstić information content (AvgIpc) is 3.25. The first-order valence-electron chi connectivity index (χ1n) is 9.23. The molecule has 1 saturated heterocycles. The monoisotopic (exact) mass is 451 g/mol. The number of piperazine rings is 1. The van der Waals surface area contributed by atoms with E-state index in [-0.39, 0.29) is 36.8 Å². The smallest absolute Gasteiger partial charge is 0.292 e. The number of halogens is 3. The average molecular weight is 451 g/mol. The van der Waals surface area contributed by atoms with Crippen LogP contribution in [0.25, 0.3) is 11.3 Å². The van der Waals surface area contributed by atoms with E-state index in [4.69, 9.17) is 4.52 Å². The van der Waals surface area contributed by atoms with Crippen LogP contribution in [0.5, 0.6) is 0 Å². The molecule has 1 aromatic heterocycles. The lowest BCUT2D eigenvalue weighted by atomic mass is 10.1. The molecule has 0 bridgehead atoms. The molecule has 0 radical (unpaired) electrons. The number of aromatic nitrogens is 1. The largest absolute Gasteiger partial charge is 0.350 e. The number of amides is 1. The van der Waals surface area contributed by atoms with Gasteiger partial charge in [-0.1, -0.05) is 17.3 Å². The van der Waals surface area contributed by atoms with Gasteiger partial charge < -0.3 is 9.42 Å². The lowest BCUT2D eigenvalue weighted by molar-refractivity contribution is 0.0656. The fourth-order valence-electron chi connectivity index (χ4n) is 3.23. The fourth-order valence-corrected chi connectivity index (χ4v) is 4.67. The summed E-state index contributed by atoms with van der Waals surface area (Å²) in [7, 11) is -4.03. The number of benzene rings is 2. The quantitative estimate of drug-likeness (QED) is 0.609. The van der Waals surface area contributed by atoms with Crippen molar-refractivity contribution in [2.24, 2.45) is 0 Å². The summed E-state index contributed by atoms with van der Waals surface area (Å²) in [5.41, 5.74) is 0.743. The third kappa shape index (κ3) is 4.19. The Balaban J connectivity index is 1.44. The Labute approximate surface area is 175 Å². The van der Waals surface area contributed by atoms with Gasteiger partial charge in [-0.3, -0.25) is 4.79 Å². The van der Waals surface area contributed by atoms with Gasteiger partial charge in [-0.15, -0.1) is 0 Å². The number of sulfonamides is 1. The SMILES string of the molecule is O=C(c1cc(-c2cccc(F)c2)no1)N1CCN(S(=O)(=O)c2ccc(F)c(F)c2)CC1. The van der Waals surface area contributed by atoms with Crippen molar-refractivity contribution in [1.29, 1.82) is 0 Å². The van der Waals surface area contributed by atoms with Crippen molar-refractivity contribution in [1.82, 2.24) is 14.4 Å². The van der Waals surface area contributed by atoms with E-state index in [0.29, 0.717) is 17.3 Å². The molecular formula is C20H16F3N3O4S. The minimum Gasteiger partial charge on any atom is -0.350 e. The van der Waals surface area contributed by atoms with Gasteiger partial charge in [-0.05, 0) is 30.3 Å². The molecule has 1 amide bonds. The van der Waals surface area contributed by atoms with Crippen LogP contribution in [0.15, 0.2) is 57.9 Å². The lowest BCUT2D eigenvalue weighted by Crippen LogP contribution is -2.50. The van der Waals surface area contributed by atoms with E-state index in [2.05, 4.69) is 5.16 Å². The molecule has 4 rings (SSSR count). The van der Waals surface area contributed by atoms with E-state index < -0.39 is 33.4 Å². The number of carbonyl (C=O) groups is 1. The zero-order valence-corrected chi connectivity index (χ0v) is 16.8. The zero-order valence-electron chi connectivity index (χ0n) is 16.0. The molecular weight excluding hydrogens is 435 g/mol.